The highest BCUT2D eigenvalue weighted by Gasteiger charge is 2.03. The second kappa shape index (κ2) is 4.97. The van der Waals surface area contributed by atoms with E-state index >= 15 is 0 Å². The van der Waals surface area contributed by atoms with E-state index in [1.807, 2.05) is 31.2 Å². The Kier molecular flexibility index (Phi) is 3.40. The average molecular weight is 228 g/mol. The number of ether oxygens (including phenoxy) is 1. The Labute approximate surface area is 101 Å². The van der Waals surface area contributed by atoms with Crippen molar-refractivity contribution >= 4 is 0 Å². The van der Waals surface area contributed by atoms with Crippen molar-refractivity contribution in [2.75, 3.05) is 0 Å². The maximum Gasteiger partial charge on any atom is 0.219 e. The van der Waals surface area contributed by atoms with Crippen molar-refractivity contribution in [3.63, 3.8) is 0 Å². The fraction of sp³-hybridized carbons (Fsp3) is 0.214. The SMILES string of the molecule is Cc1cccc(Oc2ccc(CN)cn2)c1C. The summed E-state index contributed by atoms with van der Waals surface area (Å²) in [6.07, 6.45) is 1.74. The van der Waals surface area contributed by atoms with Gasteiger partial charge < -0.3 is 10.5 Å². The molecule has 0 fully saturated rings. The topological polar surface area (TPSA) is 48.1 Å². The van der Waals surface area contributed by atoms with E-state index in [1.165, 1.54) is 5.56 Å². The summed E-state index contributed by atoms with van der Waals surface area (Å²) >= 11 is 0. The third kappa shape index (κ3) is 2.63. The van der Waals surface area contributed by atoms with Gasteiger partial charge >= 0.3 is 0 Å². The monoisotopic (exact) mass is 228 g/mol. The summed E-state index contributed by atoms with van der Waals surface area (Å²) in [7, 11) is 0. The van der Waals surface area contributed by atoms with Gasteiger partial charge in [0.15, 0.2) is 0 Å². The fourth-order valence-electron chi connectivity index (χ4n) is 1.54. The van der Waals surface area contributed by atoms with E-state index in [2.05, 4.69) is 18.0 Å². The molecule has 0 atom stereocenters. The van der Waals surface area contributed by atoms with Crippen LogP contribution in [-0.4, -0.2) is 4.98 Å². The largest absolute Gasteiger partial charge is 0.439 e. The van der Waals surface area contributed by atoms with Gasteiger partial charge in [-0.2, -0.15) is 0 Å². The molecule has 0 aliphatic carbocycles. The maximum absolute atomic E-state index is 5.74. The van der Waals surface area contributed by atoms with Crippen molar-refractivity contribution in [3.05, 3.63) is 53.2 Å². The number of aromatic nitrogens is 1. The van der Waals surface area contributed by atoms with Gasteiger partial charge in [-0.25, -0.2) is 4.98 Å². The van der Waals surface area contributed by atoms with Crippen LogP contribution < -0.4 is 10.5 Å². The average Bonchev–Trinajstić information content (AvgIpc) is 2.36. The summed E-state index contributed by atoms with van der Waals surface area (Å²) in [5, 5.41) is 0. The van der Waals surface area contributed by atoms with E-state index < -0.39 is 0 Å². The fourth-order valence-corrected chi connectivity index (χ4v) is 1.54. The lowest BCUT2D eigenvalue weighted by molar-refractivity contribution is 0.458. The maximum atomic E-state index is 5.74. The minimum atomic E-state index is 0.497. The highest BCUT2D eigenvalue weighted by molar-refractivity contribution is 5.40. The Balaban J connectivity index is 2.22. The number of benzene rings is 1. The van der Waals surface area contributed by atoms with Crippen LogP contribution in [-0.2, 0) is 6.54 Å². The minimum Gasteiger partial charge on any atom is -0.439 e. The second-order valence-corrected chi connectivity index (χ2v) is 4.01. The lowest BCUT2D eigenvalue weighted by atomic mass is 10.1. The van der Waals surface area contributed by atoms with Crippen LogP contribution >= 0.6 is 0 Å². The Morgan fingerprint density at radius 1 is 1.18 bits per heavy atom. The smallest absolute Gasteiger partial charge is 0.219 e. The standard InChI is InChI=1S/C14H16N2O/c1-10-4-3-5-13(11(10)2)17-14-7-6-12(8-15)9-16-14/h3-7,9H,8,15H2,1-2H3. The molecule has 2 aromatic rings. The van der Waals surface area contributed by atoms with Gasteiger partial charge in [0.2, 0.25) is 5.88 Å². The van der Waals surface area contributed by atoms with Crippen LogP contribution in [0.15, 0.2) is 36.5 Å². The summed E-state index contributed by atoms with van der Waals surface area (Å²) in [5.74, 6) is 1.44. The van der Waals surface area contributed by atoms with E-state index in [1.54, 1.807) is 6.20 Å². The molecule has 0 radical (unpaired) electrons. The Morgan fingerprint density at radius 3 is 2.65 bits per heavy atom. The number of rotatable bonds is 3. The Hall–Kier alpha value is -1.87. The second-order valence-electron chi connectivity index (χ2n) is 4.01. The van der Waals surface area contributed by atoms with E-state index in [9.17, 15) is 0 Å². The molecule has 0 amide bonds. The van der Waals surface area contributed by atoms with Crippen LogP contribution in [0.4, 0.5) is 0 Å². The summed E-state index contributed by atoms with van der Waals surface area (Å²) in [4.78, 5) is 4.21. The van der Waals surface area contributed by atoms with Crippen molar-refractivity contribution in [1.29, 1.82) is 0 Å². The summed E-state index contributed by atoms with van der Waals surface area (Å²) in [5.41, 5.74) is 8.86. The molecule has 1 heterocycles. The number of aryl methyl sites for hydroxylation is 1. The van der Waals surface area contributed by atoms with Crippen LogP contribution in [0.1, 0.15) is 16.7 Å². The number of pyridine rings is 1. The van der Waals surface area contributed by atoms with Crippen molar-refractivity contribution in [1.82, 2.24) is 4.98 Å². The van der Waals surface area contributed by atoms with Crippen LogP contribution in [0.25, 0.3) is 0 Å². The van der Waals surface area contributed by atoms with E-state index in [0.29, 0.717) is 12.4 Å². The van der Waals surface area contributed by atoms with E-state index in [4.69, 9.17) is 10.5 Å². The summed E-state index contributed by atoms with van der Waals surface area (Å²) < 4.78 is 5.74. The molecular weight excluding hydrogens is 212 g/mol. The molecule has 2 rings (SSSR count). The van der Waals surface area contributed by atoms with Gasteiger partial charge in [0.25, 0.3) is 0 Å². The van der Waals surface area contributed by atoms with Crippen molar-refractivity contribution in [3.8, 4) is 11.6 Å². The van der Waals surface area contributed by atoms with Crippen LogP contribution in [0.3, 0.4) is 0 Å². The molecule has 0 bridgehead atoms. The lowest BCUT2D eigenvalue weighted by Gasteiger charge is -2.09. The Bertz CT molecular complexity index is 506. The number of nitrogens with two attached hydrogens (primary N) is 1. The quantitative estimate of drug-likeness (QED) is 0.878. The van der Waals surface area contributed by atoms with Gasteiger partial charge in [-0.05, 0) is 36.6 Å². The molecule has 0 spiro atoms. The molecule has 0 saturated heterocycles. The summed E-state index contributed by atoms with van der Waals surface area (Å²) in [6.45, 7) is 4.60. The van der Waals surface area contributed by atoms with Gasteiger partial charge in [-0.3, -0.25) is 0 Å². The predicted octanol–water partition coefficient (Wildman–Crippen LogP) is 2.95. The van der Waals surface area contributed by atoms with E-state index in [-0.39, 0.29) is 0 Å². The molecule has 0 aliphatic heterocycles. The third-order valence-corrected chi connectivity index (χ3v) is 2.80. The highest BCUT2D eigenvalue weighted by atomic mass is 16.5. The van der Waals surface area contributed by atoms with Gasteiger partial charge in [0, 0.05) is 18.8 Å². The molecule has 1 aromatic carbocycles. The first-order chi connectivity index (χ1) is 8.20. The zero-order valence-corrected chi connectivity index (χ0v) is 10.1. The number of nitrogens with zero attached hydrogens (tertiary/aromatic N) is 1. The first-order valence-corrected chi connectivity index (χ1v) is 5.60. The molecular formula is C14H16N2O. The molecule has 88 valence electrons. The highest BCUT2D eigenvalue weighted by Crippen LogP contribution is 2.25. The van der Waals surface area contributed by atoms with Crippen LogP contribution in [0.2, 0.25) is 0 Å². The normalized spacial score (nSPS) is 10.3. The minimum absolute atomic E-state index is 0.497. The first-order valence-electron chi connectivity index (χ1n) is 5.60. The van der Waals surface area contributed by atoms with Crippen LogP contribution in [0, 0.1) is 13.8 Å². The Morgan fingerprint density at radius 2 is 2.00 bits per heavy atom. The number of hydrogen-bond acceptors (Lipinski definition) is 3. The lowest BCUT2D eigenvalue weighted by Crippen LogP contribution is -1.97. The van der Waals surface area contributed by atoms with Crippen molar-refractivity contribution in [2.45, 2.75) is 20.4 Å². The molecule has 3 heteroatoms. The zero-order chi connectivity index (χ0) is 12.3. The molecule has 2 N–H and O–H groups in total. The molecule has 1 aromatic heterocycles. The third-order valence-electron chi connectivity index (χ3n) is 2.80. The first kappa shape index (κ1) is 11.6. The predicted molar refractivity (Wildman–Crippen MR) is 68.1 cm³/mol. The zero-order valence-electron chi connectivity index (χ0n) is 10.1. The molecule has 0 aliphatic rings. The van der Waals surface area contributed by atoms with Gasteiger partial charge in [0.05, 0.1) is 0 Å². The summed E-state index contributed by atoms with van der Waals surface area (Å²) in [6, 6.07) is 9.75. The molecule has 0 saturated carbocycles. The van der Waals surface area contributed by atoms with Gasteiger partial charge in [-0.15, -0.1) is 0 Å². The van der Waals surface area contributed by atoms with Crippen molar-refractivity contribution < 1.29 is 4.74 Å². The molecule has 17 heavy (non-hydrogen) atoms. The van der Waals surface area contributed by atoms with E-state index in [0.717, 1.165) is 16.9 Å². The van der Waals surface area contributed by atoms with Crippen LogP contribution in [0.5, 0.6) is 11.6 Å². The number of hydrogen-bond donors (Lipinski definition) is 1. The van der Waals surface area contributed by atoms with Gasteiger partial charge in [0.1, 0.15) is 5.75 Å². The molecule has 0 unspecified atom stereocenters. The molecule has 3 nitrogen and oxygen atoms in total. The van der Waals surface area contributed by atoms with Crippen molar-refractivity contribution in [2.24, 2.45) is 5.73 Å². The van der Waals surface area contributed by atoms with Gasteiger partial charge in [-0.1, -0.05) is 18.2 Å².